The molecule has 3 heteroatoms. The van der Waals surface area contributed by atoms with Crippen molar-refractivity contribution in [2.45, 2.75) is 19.3 Å². The van der Waals surface area contributed by atoms with Crippen LogP contribution in [0, 0.1) is 0 Å². The van der Waals surface area contributed by atoms with Gasteiger partial charge in [-0.05, 0) is 49.6 Å². The van der Waals surface area contributed by atoms with Crippen molar-refractivity contribution in [1.29, 1.82) is 0 Å². The summed E-state index contributed by atoms with van der Waals surface area (Å²) in [5, 5.41) is 5.81. The highest BCUT2D eigenvalue weighted by Gasteiger charge is 2.11. The molecule has 1 aromatic heterocycles. The predicted octanol–water partition coefficient (Wildman–Crippen LogP) is 4.02. The Morgan fingerprint density at radius 1 is 0.762 bits per heavy atom. The number of hydrogen-bond acceptors (Lipinski definition) is 2. The largest absolute Gasteiger partial charge is 0.372 e. The van der Waals surface area contributed by atoms with Gasteiger partial charge in [-0.3, -0.25) is 0 Å². The quantitative estimate of drug-likeness (QED) is 0.705. The van der Waals surface area contributed by atoms with Gasteiger partial charge in [0, 0.05) is 30.4 Å². The van der Waals surface area contributed by atoms with Crippen LogP contribution in [0.2, 0.25) is 0 Å². The molecule has 1 aliphatic heterocycles. The van der Waals surface area contributed by atoms with Crippen LogP contribution in [0.3, 0.4) is 0 Å². The number of hydrogen-bond donors (Lipinski definition) is 0. The minimum atomic E-state index is 1.04. The third-order valence-electron chi connectivity index (χ3n) is 4.25. The first kappa shape index (κ1) is 12.5. The van der Waals surface area contributed by atoms with E-state index in [4.69, 9.17) is 0 Å². The lowest BCUT2D eigenvalue weighted by molar-refractivity contribution is 0.578. The highest BCUT2D eigenvalue weighted by molar-refractivity contribution is 5.78. The lowest BCUT2D eigenvalue weighted by Crippen LogP contribution is -2.29. The second-order valence-corrected chi connectivity index (χ2v) is 5.70. The monoisotopic (exact) mass is 277 g/mol. The summed E-state index contributed by atoms with van der Waals surface area (Å²) in [6, 6.07) is 17.0. The third-order valence-corrected chi connectivity index (χ3v) is 4.25. The van der Waals surface area contributed by atoms with Gasteiger partial charge in [-0.2, -0.15) is 5.10 Å². The maximum Gasteiger partial charge on any atom is 0.0927 e. The van der Waals surface area contributed by atoms with E-state index in [0.717, 1.165) is 11.2 Å². The van der Waals surface area contributed by atoms with Crippen molar-refractivity contribution in [3.8, 4) is 5.69 Å². The molecule has 0 bridgehead atoms. The third kappa shape index (κ3) is 2.40. The minimum absolute atomic E-state index is 1.04. The van der Waals surface area contributed by atoms with Crippen LogP contribution in [-0.4, -0.2) is 22.9 Å². The summed E-state index contributed by atoms with van der Waals surface area (Å²) in [6.45, 7) is 2.37. The molecule has 0 aliphatic carbocycles. The molecular weight excluding hydrogens is 258 g/mol. The van der Waals surface area contributed by atoms with Gasteiger partial charge in [0.2, 0.25) is 0 Å². The van der Waals surface area contributed by atoms with Gasteiger partial charge < -0.3 is 4.90 Å². The summed E-state index contributed by atoms with van der Waals surface area (Å²) < 4.78 is 1.96. The molecule has 0 unspecified atom stereocenters. The van der Waals surface area contributed by atoms with E-state index in [1.54, 1.807) is 0 Å². The highest BCUT2D eigenvalue weighted by atomic mass is 15.3. The Morgan fingerprint density at radius 3 is 2.24 bits per heavy atom. The molecule has 0 spiro atoms. The summed E-state index contributed by atoms with van der Waals surface area (Å²) in [5.41, 5.74) is 3.49. The highest BCUT2D eigenvalue weighted by Crippen LogP contribution is 2.22. The summed E-state index contributed by atoms with van der Waals surface area (Å²) in [4.78, 5) is 2.48. The van der Waals surface area contributed by atoms with Gasteiger partial charge in [-0.25, -0.2) is 4.68 Å². The SMILES string of the molecule is c1ccc2nn(-c3ccc(N4CCCCC4)cc3)cc2c1. The second-order valence-electron chi connectivity index (χ2n) is 5.70. The number of benzene rings is 2. The lowest BCUT2D eigenvalue weighted by Gasteiger charge is -2.28. The predicted molar refractivity (Wildman–Crippen MR) is 87.1 cm³/mol. The molecule has 0 atom stereocenters. The Bertz CT molecular complexity index is 704. The van der Waals surface area contributed by atoms with Crippen LogP contribution in [0.25, 0.3) is 16.6 Å². The fourth-order valence-electron chi connectivity index (χ4n) is 3.07. The van der Waals surface area contributed by atoms with Crippen LogP contribution in [0.1, 0.15) is 19.3 Å². The van der Waals surface area contributed by atoms with Crippen LogP contribution >= 0.6 is 0 Å². The number of rotatable bonds is 2. The smallest absolute Gasteiger partial charge is 0.0927 e. The molecule has 0 radical (unpaired) electrons. The molecular formula is C18H19N3. The van der Waals surface area contributed by atoms with Crippen LogP contribution in [0.5, 0.6) is 0 Å². The van der Waals surface area contributed by atoms with E-state index >= 15 is 0 Å². The van der Waals surface area contributed by atoms with Gasteiger partial charge in [0.05, 0.1) is 11.2 Å². The number of anilines is 1. The maximum atomic E-state index is 4.63. The summed E-state index contributed by atoms with van der Waals surface area (Å²) in [6.07, 6.45) is 6.08. The van der Waals surface area contributed by atoms with Gasteiger partial charge in [0.15, 0.2) is 0 Å². The molecule has 0 saturated carbocycles. The summed E-state index contributed by atoms with van der Waals surface area (Å²) >= 11 is 0. The molecule has 2 aromatic carbocycles. The van der Waals surface area contributed by atoms with Crippen molar-refractivity contribution in [3.63, 3.8) is 0 Å². The average molecular weight is 277 g/mol. The first-order chi connectivity index (χ1) is 10.4. The average Bonchev–Trinajstić information content (AvgIpc) is 3.00. The van der Waals surface area contributed by atoms with Gasteiger partial charge >= 0.3 is 0 Å². The zero-order chi connectivity index (χ0) is 14.1. The minimum Gasteiger partial charge on any atom is -0.372 e. The number of fused-ring (bicyclic) bond motifs is 1. The zero-order valence-corrected chi connectivity index (χ0v) is 12.1. The van der Waals surface area contributed by atoms with Crippen LogP contribution in [0.4, 0.5) is 5.69 Å². The van der Waals surface area contributed by atoms with E-state index in [2.05, 4.69) is 46.5 Å². The molecule has 0 amide bonds. The Kier molecular flexibility index (Phi) is 3.11. The Morgan fingerprint density at radius 2 is 1.48 bits per heavy atom. The lowest BCUT2D eigenvalue weighted by atomic mass is 10.1. The molecule has 2 heterocycles. The molecule has 1 saturated heterocycles. The van der Waals surface area contributed by atoms with Gasteiger partial charge in [-0.1, -0.05) is 18.2 Å². The Balaban J connectivity index is 1.63. The molecule has 4 rings (SSSR count). The van der Waals surface area contributed by atoms with Crippen molar-refractivity contribution in [3.05, 3.63) is 54.7 Å². The van der Waals surface area contributed by atoms with E-state index < -0.39 is 0 Å². The molecule has 3 aromatic rings. The van der Waals surface area contributed by atoms with Crippen molar-refractivity contribution >= 4 is 16.6 Å². The van der Waals surface area contributed by atoms with Crippen molar-refractivity contribution in [1.82, 2.24) is 9.78 Å². The molecule has 1 fully saturated rings. The number of nitrogens with zero attached hydrogens (tertiary/aromatic N) is 3. The normalized spacial score (nSPS) is 15.5. The summed E-state index contributed by atoms with van der Waals surface area (Å²) in [5.74, 6) is 0. The first-order valence-electron chi connectivity index (χ1n) is 7.70. The van der Waals surface area contributed by atoms with Crippen LogP contribution < -0.4 is 4.90 Å². The van der Waals surface area contributed by atoms with Gasteiger partial charge in [-0.15, -0.1) is 0 Å². The van der Waals surface area contributed by atoms with E-state index in [-0.39, 0.29) is 0 Å². The van der Waals surface area contributed by atoms with Crippen LogP contribution in [-0.2, 0) is 0 Å². The van der Waals surface area contributed by atoms with Crippen molar-refractivity contribution in [2.24, 2.45) is 0 Å². The first-order valence-corrected chi connectivity index (χ1v) is 7.70. The second kappa shape index (κ2) is 5.24. The van der Waals surface area contributed by atoms with E-state index in [1.165, 1.54) is 43.4 Å². The van der Waals surface area contributed by atoms with Crippen molar-refractivity contribution in [2.75, 3.05) is 18.0 Å². The Hall–Kier alpha value is -2.29. The fourth-order valence-corrected chi connectivity index (χ4v) is 3.07. The number of aromatic nitrogens is 2. The molecule has 21 heavy (non-hydrogen) atoms. The molecule has 0 N–H and O–H groups in total. The fraction of sp³-hybridized carbons (Fsp3) is 0.278. The summed E-state index contributed by atoms with van der Waals surface area (Å²) in [7, 11) is 0. The topological polar surface area (TPSA) is 21.1 Å². The van der Waals surface area contributed by atoms with E-state index in [9.17, 15) is 0 Å². The maximum absolute atomic E-state index is 4.63. The molecule has 3 nitrogen and oxygen atoms in total. The van der Waals surface area contributed by atoms with Gasteiger partial charge in [0.25, 0.3) is 0 Å². The van der Waals surface area contributed by atoms with E-state index in [1.807, 2.05) is 22.9 Å². The van der Waals surface area contributed by atoms with Gasteiger partial charge in [0.1, 0.15) is 0 Å². The standard InChI is InChI=1S/C18H19N3/c1-4-12-20(13-5-1)16-8-10-17(11-9-16)21-14-15-6-2-3-7-18(15)19-21/h2-3,6-11,14H,1,4-5,12-13H2. The van der Waals surface area contributed by atoms with E-state index in [0.29, 0.717) is 0 Å². The van der Waals surface area contributed by atoms with Crippen molar-refractivity contribution < 1.29 is 0 Å². The molecule has 1 aliphatic rings. The zero-order valence-electron chi connectivity index (χ0n) is 12.1. The van der Waals surface area contributed by atoms with Crippen LogP contribution in [0.15, 0.2) is 54.7 Å². The number of piperidine rings is 1. The molecule has 106 valence electrons. The Labute approximate surface area is 124 Å².